The molecule has 0 fully saturated rings. The second-order valence-corrected chi connectivity index (χ2v) is 4.27. The molecule has 4 heteroatoms. The van der Waals surface area contributed by atoms with Crippen LogP contribution < -0.4 is 0 Å². The summed E-state index contributed by atoms with van der Waals surface area (Å²) in [4.78, 5) is 17.4. The Morgan fingerprint density at radius 3 is 1.79 bits per heavy atom. The van der Waals surface area contributed by atoms with Crippen LogP contribution in [0.15, 0.2) is 54.9 Å². The van der Waals surface area contributed by atoms with E-state index in [1.54, 1.807) is 12.1 Å². The number of hydrogen-bond acceptors (Lipinski definition) is 1. The molecule has 2 heterocycles. The second-order valence-electron chi connectivity index (χ2n) is 4.27. The van der Waals surface area contributed by atoms with Crippen molar-refractivity contribution in [1.29, 1.82) is 0 Å². The van der Waals surface area contributed by atoms with Crippen molar-refractivity contribution in [2.45, 2.75) is 0 Å². The van der Waals surface area contributed by atoms with Crippen molar-refractivity contribution in [1.82, 2.24) is 9.97 Å². The summed E-state index contributed by atoms with van der Waals surface area (Å²) in [5.41, 5.74) is 3.78. The summed E-state index contributed by atoms with van der Waals surface area (Å²) in [5.74, 6) is -0.929. The summed E-state index contributed by atoms with van der Waals surface area (Å²) in [7, 11) is 0. The molecular formula is C15H12N2O2. The SMILES string of the molecule is O=C(O)c1cc(-c2ccc[nH]2)cc(-c2ccc[nH]2)c1. The standard InChI is InChI=1S/C15H12N2O2/c18-15(19)12-8-10(13-3-1-5-16-13)7-11(9-12)14-4-2-6-17-14/h1-9,16-17H,(H,18,19). The van der Waals surface area contributed by atoms with Crippen LogP contribution in [0.25, 0.3) is 22.5 Å². The normalized spacial score (nSPS) is 10.5. The zero-order valence-electron chi connectivity index (χ0n) is 10.1. The van der Waals surface area contributed by atoms with Gasteiger partial charge in [-0.15, -0.1) is 0 Å². The topological polar surface area (TPSA) is 68.9 Å². The van der Waals surface area contributed by atoms with Crippen LogP contribution in [-0.2, 0) is 0 Å². The van der Waals surface area contributed by atoms with Crippen LogP contribution in [0.1, 0.15) is 10.4 Å². The Kier molecular flexibility index (Phi) is 2.68. The van der Waals surface area contributed by atoms with Gasteiger partial charge in [0.1, 0.15) is 0 Å². The van der Waals surface area contributed by atoms with Gasteiger partial charge in [-0.2, -0.15) is 0 Å². The molecule has 0 spiro atoms. The van der Waals surface area contributed by atoms with E-state index in [9.17, 15) is 9.90 Å². The molecule has 0 saturated heterocycles. The minimum atomic E-state index is -0.929. The highest BCUT2D eigenvalue weighted by Gasteiger charge is 2.10. The molecule has 3 N–H and O–H groups in total. The van der Waals surface area contributed by atoms with Gasteiger partial charge >= 0.3 is 5.97 Å². The first-order chi connectivity index (χ1) is 9.24. The Labute approximate surface area is 109 Å². The molecule has 3 aromatic rings. The Morgan fingerprint density at radius 2 is 1.42 bits per heavy atom. The molecule has 0 unspecified atom stereocenters. The van der Waals surface area contributed by atoms with Crippen LogP contribution >= 0.6 is 0 Å². The Hall–Kier alpha value is -2.75. The number of carbonyl (C=O) groups is 1. The van der Waals surface area contributed by atoms with Gasteiger partial charge in [-0.1, -0.05) is 0 Å². The number of nitrogens with one attached hydrogen (secondary N) is 2. The van der Waals surface area contributed by atoms with E-state index in [0.29, 0.717) is 0 Å². The van der Waals surface area contributed by atoms with Crippen LogP contribution in [0.4, 0.5) is 0 Å². The summed E-state index contributed by atoms with van der Waals surface area (Å²) in [6, 6.07) is 12.9. The van der Waals surface area contributed by atoms with E-state index in [1.807, 2.05) is 42.7 Å². The predicted octanol–water partition coefficient (Wildman–Crippen LogP) is 3.38. The molecule has 0 amide bonds. The fraction of sp³-hybridized carbons (Fsp3) is 0. The van der Waals surface area contributed by atoms with Crippen LogP contribution in [-0.4, -0.2) is 21.0 Å². The number of carboxylic acids is 1. The van der Waals surface area contributed by atoms with Crippen molar-refractivity contribution >= 4 is 5.97 Å². The number of aromatic carboxylic acids is 1. The highest BCUT2D eigenvalue weighted by molar-refractivity contribution is 5.91. The molecular weight excluding hydrogens is 240 g/mol. The van der Waals surface area contributed by atoms with Gasteiger partial charge in [-0.05, 0) is 53.6 Å². The number of aromatic amines is 2. The lowest BCUT2D eigenvalue weighted by Gasteiger charge is -2.06. The van der Waals surface area contributed by atoms with Crippen LogP contribution in [0.3, 0.4) is 0 Å². The molecule has 2 aromatic heterocycles. The largest absolute Gasteiger partial charge is 0.478 e. The summed E-state index contributed by atoms with van der Waals surface area (Å²) in [6.07, 6.45) is 3.63. The zero-order valence-corrected chi connectivity index (χ0v) is 10.1. The molecule has 0 radical (unpaired) electrons. The van der Waals surface area contributed by atoms with Crippen LogP contribution in [0.5, 0.6) is 0 Å². The Morgan fingerprint density at radius 1 is 0.895 bits per heavy atom. The lowest BCUT2D eigenvalue weighted by Crippen LogP contribution is -1.97. The van der Waals surface area contributed by atoms with E-state index >= 15 is 0 Å². The van der Waals surface area contributed by atoms with Crippen molar-refractivity contribution in [3.63, 3.8) is 0 Å². The molecule has 19 heavy (non-hydrogen) atoms. The smallest absolute Gasteiger partial charge is 0.335 e. The average Bonchev–Trinajstić information content (AvgIpc) is 3.11. The molecule has 0 saturated carbocycles. The molecule has 4 nitrogen and oxygen atoms in total. The minimum Gasteiger partial charge on any atom is -0.478 e. The van der Waals surface area contributed by atoms with Gasteiger partial charge in [0.15, 0.2) is 0 Å². The summed E-state index contributed by atoms with van der Waals surface area (Å²) in [6.45, 7) is 0. The summed E-state index contributed by atoms with van der Waals surface area (Å²) in [5, 5.41) is 9.21. The van der Waals surface area contributed by atoms with E-state index in [4.69, 9.17) is 0 Å². The van der Waals surface area contributed by atoms with Crippen molar-refractivity contribution in [2.24, 2.45) is 0 Å². The first-order valence-corrected chi connectivity index (χ1v) is 5.90. The van der Waals surface area contributed by atoms with Gasteiger partial charge in [0.2, 0.25) is 0 Å². The number of rotatable bonds is 3. The molecule has 94 valence electrons. The van der Waals surface area contributed by atoms with E-state index in [0.717, 1.165) is 22.5 Å². The van der Waals surface area contributed by atoms with Gasteiger partial charge in [0.05, 0.1) is 5.56 Å². The fourth-order valence-electron chi connectivity index (χ4n) is 2.08. The first-order valence-electron chi connectivity index (χ1n) is 5.90. The number of H-pyrrole nitrogens is 2. The average molecular weight is 252 g/mol. The lowest BCUT2D eigenvalue weighted by atomic mass is 10.0. The van der Waals surface area contributed by atoms with Crippen molar-refractivity contribution < 1.29 is 9.90 Å². The van der Waals surface area contributed by atoms with Gasteiger partial charge in [-0.3, -0.25) is 0 Å². The van der Waals surface area contributed by atoms with Gasteiger partial charge in [0.25, 0.3) is 0 Å². The Bertz CT molecular complexity index is 645. The van der Waals surface area contributed by atoms with Crippen molar-refractivity contribution in [3.05, 3.63) is 60.4 Å². The lowest BCUT2D eigenvalue weighted by molar-refractivity contribution is 0.0697. The van der Waals surface area contributed by atoms with Crippen LogP contribution in [0.2, 0.25) is 0 Å². The summed E-state index contributed by atoms with van der Waals surface area (Å²) >= 11 is 0. The molecule has 0 aliphatic carbocycles. The minimum absolute atomic E-state index is 0.275. The third-order valence-corrected chi connectivity index (χ3v) is 3.00. The number of aromatic nitrogens is 2. The van der Waals surface area contributed by atoms with E-state index in [2.05, 4.69) is 9.97 Å². The monoisotopic (exact) mass is 252 g/mol. The number of hydrogen-bond donors (Lipinski definition) is 3. The quantitative estimate of drug-likeness (QED) is 0.668. The third-order valence-electron chi connectivity index (χ3n) is 3.00. The zero-order chi connectivity index (χ0) is 13.2. The van der Waals surface area contributed by atoms with Gasteiger partial charge < -0.3 is 15.1 Å². The van der Waals surface area contributed by atoms with Crippen LogP contribution in [0, 0.1) is 0 Å². The number of carboxylic acid groups (broad SMARTS) is 1. The number of benzene rings is 1. The molecule has 3 rings (SSSR count). The highest BCUT2D eigenvalue weighted by atomic mass is 16.4. The highest BCUT2D eigenvalue weighted by Crippen LogP contribution is 2.26. The molecule has 0 aliphatic rings. The van der Waals surface area contributed by atoms with E-state index in [1.165, 1.54) is 0 Å². The maximum atomic E-state index is 11.2. The van der Waals surface area contributed by atoms with Gasteiger partial charge in [0, 0.05) is 23.8 Å². The van der Waals surface area contributed by atoms with E-state index in [-0.39, 0.29) is 5.56 Å². The maximum absolute atomic E-state index is 11.2. The fourth-order valence-corrected chi connectivity index (χ4v) is 2.08. The first kappa shape index (κ1) is 11.3. The molecule has 0 atom stereocenters. The third kappa shape index (κ3) is 2.15. The molecule has 0 aliphatic heterocycles. The Balaban J connectivity index is 2.18. The molecule has 0 bridgehead atoms. The predicted molar refractivity (Wildman–Crippen MR) is 73.0 cm³/mol. The molecule has 1 aromatic carbocycles. The van der Waals surface area contributed by atoms with E-state index < -0.39 is 5.97 Å². The van der Waals surface area contributed by atoms with Crippen molar-refractivity contribution in [2.75, 3.05) is 0 Å². The summed E-state index contributed by atoms with van der Waals surface area (Å²) < 4.78 is 0. The second kappa shape index (κ2) is 4.49. The maximum Gasteiger partial charge on any atom is 0.335 e. The van der Waals surface area contributed by atoms with Crippen molar-refractivity contribution in [3.8, 4) is 22.5 Å². The van der Waals surface area contributed by atoms with Gasteiger partial charge in [-0.25, -0.2) is 4.79 Å².